The quantitative estimate of drug-likeness (QED) is 0.496. The van der Waals surface area contributed by atoms with E-state index in [0.717, 1.165) is 13.1 Å². The molecule has 0 spiro atoms. The van der Waals surface area contributed by atoms with Gasteiger partial charge >= 0.3 is 0 Å². The van der Waals surface area contributed by atoms with Crippen molar-refractivity contribution in [1.82, 2.24) is 14.5 Å². The van der Waals surface area contributed by atoms with Crippen LogP contribution in [0.4, 0.5) is 0 Å². The molecule has 5 rings (SSSR count). The standard InChI is InChI=1S/C22H21N3/c1-24(2)11-12-25-21-10-6-4-8-16(21)18-13-20-17(14-22(18)25)15-7-3-5-9-19(15)23-20/h3-10,13-14,23H,11-12H2,1-2H3. The molecule has 3 nitrogen and oxygen atoms in total. The first-order chi connectivity index (χ1) is 12.2. The van der Waals surface area contributed by atoms with Gasteiger partial charge in [0.05, 0.1) is 0 Å². The molecule has 0 aliphatic carbocycles. The number of aromatic amines is 1. The lowest BCUT2D eigenvalue weighted by Gasteiger charge is -2.12. The molecule has 0 aliphatic heterocycles. The number of likely N-dealkylation sites (N-methyl/N-ethyl adjacent to an activating group) is 1. The summed E-state index contributed by atoms with van der Waals surface area (Å²) in [4.78, 5) is 5.82. The van der Waals surface area contributed by atoms with Crippen molar-refractivity contribution in [3.05, 3.63) is 60.7 Å². The minimum atomic E-state index is 0.991. The summed E-state index contributed by atoms with van der Waals surface area (Å²) in [5.41, 5.74) is 5.05. The molecular formula is C22H21N3. The van der Waals surface area contributed by atoms with Crippen LogP contribution in [0.1, 0.15) is 0 Å². The van der Waals surface area contributed by atoms with Crippen molar-refractivity contribution in [1.29, 1.82) is 0 Å². The number of aromatic nitrogens is 2. The van der Waals surface area contributed by atoms with E-state index in [9.17, 15) is 0 Å². The Morgan fingerprint density at radius 3 is 2.36 bits per heavy atom. The Bertz CT molecular complexity index is 1220. The second kappa shape index (κ2) is 5.36. The zero-order valence-corrected chi connectivity index (χ0v) is 14.6. The number of nitrogens with zero attached hydrogens (tertiary/aromatic N) is 2. The van der Waals surface area contributed by atoms with Gasteiger partial charge in [0.2, 0.25) is 0 Å². The van der Waals surface area contributed by atoms with E-state index < -0.39 is 0 Å². The van der Waals surface area contributed by atoms with E-state index in [1.165, 1.54) is 43.6 Å². The second-order valence-corrected chi connectivity index (χ2v) is 7.06. The van der Waals surface area contributed by atoms with Crippen LogP contribution >= 0.6 is 0 Å². The Morgan fingerprint density at radius 1 is 0.760 bits per heavy atom. The maximum Gasteiger partial charge on any atom is 0.0499 e. The maximum atomic E-state index is 3.58. The van der Waals surface area contributed by atoms with E-state index in [2.05, 4.69) is 89.2 Å². The fourth-order valence-electron chi connectivity index (χ4n) is 3.93. The molecule has 25 heavy (non-hydrogen) atoms. The Hall–Kier alpha value is -2.78. The van der Waals surface area contributed by atoms with Crippen LogP contribution in [-0.2, 0) is 6.54 Å². The first-order valence-corrected chi connectivity index (χ1v) is 8.78. The third-order valence-corrected chi connectivity index (χ3v) is 5.17. The predicted molar refractivity (Wildman–Crippen MR) is 107 cm³/mol. The molecule has 0 amide bonds. The van der Waals surface area contributed by atoms with Gasteiger partial charge in [-0.05, 0) is 38.4 Å². The molecule has 0 saturated heterocycles. The van der Waals surface area contributed by atoms with E-state index in [1.807, 2.05) is 0 Å². The highest BCUT2D eigenvalue weighted by Crippen LogP contribution is 2.35. The van der Waals surface area contributed by atoms with Gasteiger partial charge in [-0.15, -0.1) is 0 Å². The minimum absolute atomic E-state index is 0.991. The average molecular weight is 327 g/mol. The van der Waals surface area contributed by atoms with Crippen LogP contribution in [0.25, 0.3) is 43.6 Å². The lowest BCUT2D eigenvalue weighted by molar-refractivity contribution is 0.389. The van der Waals surface area contributed by atoms with Gasteiger partial charge in [0.15, 0.2) is 0 Å². The molecule has 0 bridgehead atoms. The number of fused-ring (bicyclic) bond motifs is 6. The molecule has 3 aromatic carbocycles. The Labute approximate surface area is 146 Å². The fourth-order valence-corrected chi connectivity index (χ4v) is 3.93. The summed E-state index contributed by atoms with van der Waals surface area (Å²) in [6.07, 6.45) is 0. The number of benzene rings is 3. The van der Waals surface area contributed by atoms with Gasteiger partial charge in [-0.1, -0.05) is 36.4 Å². The molecular weight excluding hydrogens is 306 g/mol. The summed E-state index contributed by atoms with van der Waals surface area (Å²) in [7, 11) is 4.26. The highest BCUT2D eigenvalue weighted by molar-refractivity contribution is 6.17. The summed E-state index contributed by atoms with van der Waals surface area (Å²) in [6, 6.07) is 22.0. The molecule has 0 saturated carbocycles. The predicted octanol–water partition coefficient (Wildman–Crippen LogP) is 4.99. The topological polar surface area (TPSA) is 24.0 Å². The van der Waals surface area contributed by atoms with Crippen LogP contribution in [0.15, 0.2) is 60.7 Å². The molecule has 3 heteroatoms. The summed E-state index contributed by atoms with van der Waals surface area (Å²) in [5.74, 6) is 0. The van der Waals surface area contributed by atoms with E-state index >= 15 is 0 Å². The van der Waals surface area contributed by atoms with Crippen LogP contribution in [-0.4, -0.2) is 35.1 Å². The smallest absolute Gasteiger partial charge is 0.0499 e. The Morgan fingerprint density at radius 2 is 1.52 bits per heavy atom. The van der Waals surface area contributed by atoms with E-state index in [1.54, 1.807) is 0 Å². The van der Waals surface area contributed by atoms with Gasteiger partial charge in [0, 0.05) is 56.7 Å². The number of hydrogen-bond donors (Lipinski definition) is 1. The monoisotopic (exact) mass is 327 g/mol. The summed E-state index contributed by atoms with van der Waals surface area (Å²) < 4.78 is 2.46. The number of hydrogen-bond acceptors (Lipinski definition) is 1. The summed E-state index contributed by atoms with van der Waals surface area (Å²) >= 11 is 0. The SMILES string of the molecule is CN(C)CCn1c2ccccc2c2cc3[nH]c4ccccc4c3cc21. The van der Waals surface area contributed by atoms with Crippen LogP contribution in [0.5, 0.6) is 0 Å². The second-order valence-electron chi connectivity index (χ2n) is 7.06. The van der Waals surface area contributed by atoms with Crippen LogP contribution < -0.4 is 0 Å². The van der Waals surface area contributed by atoms with Crippen molar-refractivity contribution in [2.75, 3.05) is 20.6 Å². The lowest BCUT2D eigenvalue weighted by atomic mass is 10.1. The van der Waals surface area contributed by atoms with Crippen LogP contribution in [0, 0.1) is 0 Å². The third kappa shape index (κ3) is 2.16. The van der Waals surface area contributed by atoms with E-state index in [-0.39, 0.29) is 0 Å². The molecule has 2 heterocycles. The Balaban J connectivity index is 1.89. The van der Waals surface area contributed by atoms with Crippen molar-refractivity contribution in [2.45, 2.75) is 6.54 Å². The molecule has 0 aliphatic rings. The van der Waals surface area contributed by atoms with Crippen LogP contribution in [0.3, 0.4) is 0 Å². The zero-order chi connectivity index (χ0) is 17.0. The van der Waals surface area contributed by atoms with E-state index in [0.29, 0.717) is 0 Å². The highest BCUT2D eigenvalue weighted by Gasteiger charge is 2.13. The van der Waals surface area contributed by atoms with Gasteiger partial charge in [-0.3, -0.25) is 0 Å². The number of nitrogens with one attached hydrogen (secondary N) is 1. The Kier molecular flexibility index (Phi) is 3.12. The van der Waals surface area contributed by atoms with Gasteiger partial charge in [-0.2, -0.15) is 0 Å². The average Bonchev–Trinajstić information content (AvgIpc) is 3.13. The minimum Gasteiger partial charge on any atom is -0.354 e. The normalized spacial score (nSPS) is 12.3. The fraction of sp³-hybridized carbons (Fsp3) is 0.182. The van der Waals surface area contributed by atoms with E-state index in [4.69, 9.17) is 0 Å². The first-order valence-electron chi connectivity index (χ1n) is 8.78. The molecule has 0 unspecified atom stereocenters. The number of H-pyrrole nitrogens is 1. The summed E-state index contributed by atoms with van der Waals surface area (Å²) in [5, 5.41) is 5.26. The molecule has 0 fully saturated rings. The molecule has 1 N–H and O–H groups in total. The summed E-state index contributed by atoms with van der Waals surface area (Å²) in [6.45, 7) is 2.02. The van der Waals surface area contributed by atoms with Crippen molar-refractivity contribution >= 4 is 43.6 Å². The maximum absolute atomic E-state index is 3.58. The largest absolute Gasteiger partial charge is 0.354 e. The van der Waals surface area contributed by atoms with Gasteiger partial charge in [0.1, 0.15) is 0 Å². The molecule has 0 radical (unpaired) electrons. The van der Waals surface area contributed by atoms with Crippen molar-refractivity contribution in [3.63, 3.8) is 0 Å². The number of para-hydroxylation sites is 2. The highest BCUT2D eigenvalue weighted by atomic mass is 15.1. The zero-order valence-electron chi connectivity index (χ0n) is 14.6. The van der Waals surface area contributed by atoms with Gasteiger partial charge < -0.3 is 14.5 Å². The molecule has 5 aromatic rings. The van der Waals surface area contributed by atoms with Crippen molar-refractivity contribution in [3.8, 4) is 0 Å². The molecule has 2 aromatic heterocycles. The first kappa shape index (κ1) is 14.6. The van der Waals surface area contributed by atoms with Crippen molar-refractivity contribution < 1.29 is 0 Å². The van der Waals surface area contributed by atoms with Crippen molar-refractivity contribution in [2.24, 2.45) is 0 Å². The van der Waals surface area contributed by atoms with Gasteiger partial charge in [0.25, 0.3) is 0 Å². The van der Waals surface area contributed by atoms with Crippen LogP contribution in [0.2, 0.25) is 0 Å². The third-order valence-electron chi connectivity index (χ3n) is 5.17. The van der Waals surface area contributed by atoms with Gasteiger partial charge in [-0.25, -0.2) is 0 Å². The molecule has 124 valence electrons. The number of rotatable bonds is 3. The lowest BCUT2D eigenvalue weighted by Crippen LogP contribution is -2.18. The molecule has 0 atom stereocenters.